The van der Waals surface area contributed by atoms with Gasteiger partial charge in [0.05, 0.1) is 19.8 Å². The van der Waals surface area contributed by atoms with Gasteiger partial charge in [-0.1, -0.05) is 13.8 Å². The molecule has 18 heavy (non-hydrogen) atoms. The van der Waals surface area contributed by atoms with E-state index < -0.39 is 0 Å². The highest BCUT2D eigenvalue weighted by molar-refractivity contribution is 5.71. The predicted molar refractivity (Wildman–Crippen MR) is 72.7 cm³/mol. The molecule has 1 aliphatic heterocycles. The molecule has 1 aliphatic rings. The van der Waals surface area contributed by atoms with Crippen LogP contribution >= 0.6 is 0 Å². The van der Waals surface area contributed by atoms with Crippen LogP contribution in [0.25, 0.3) is 0 Å². The Kier molecular flexibility index (Phi) is 9.92. The molecule has 0 bridgehead atoms. The summed E-state index contributed by atoms with van der Waals surface area (Å²) in [5.74, 6) is -0.143. The maximum absolute atomic E-state index is 11.5. The molecule has 0 aromatic rings. The van der Waals surface area contributed by atoms with Gasteiger partial charge in [-0.3, -0.25) is 9.69 Å². The fourth-order valence-electron chi connectivity index (χ4n) is 1.35. The van der Waals surface area contributed by atoms with Crippen molar-refractivity contribution in [2.45, 2.75) is 26.8 Å². The number of esters is 1. The van der Waals surface area contributed by atoms with Crippen LogP contribution in [0.1, 0.15) is 20.8 Å². The third kappa shape index (κ3) is 7.63. The standard InChI is InChI=1S/C11H22N2O3.C2H6/c1-10(12(2)3)9-16-11(14)8-13-4-6-15-7-5-13;1-2/h10H,4-9H2,1-3H3;1-2H3. The maximum atomic E-state index is 11.5. The van der Waals surface area contributed by atoms with E-state index in [1.807, 2.05) is 39.8 Å². The van der Waals surface area contributed by atoms with Crippen LogP contribution in [0.4, 0.5) is 0 Å². The van der Waals surface area contributed by atoms with E-state index in [0.29, 0.717) is 26.4 Å². The molecule has 5 nitrogen and oxygen atoms in total. The summed E-state index contributed by atoms with van der Waals surface area (Å²) < 4.78 is 10.4. The number of carbonyl (C=O) groups excluding carboxylic acids is 1. The van der Waals surface area contributed by atoms with Crippen LogP contribution in [-0.4, -0.2) is 75.4 Å². The van der Waals surface area contributed by atoms with Crippen molar-refractivity contribution in [1.29, 1.82) is 0 Å². The Hall–Kier alpha value is -0.650. The lowest BCUT2D eigenvalue weighted by molar-refractivity contribution is -0.147. The Balaban J connectivity index is 0.00000137. The smallest absolute Gasteiger partial charge is 0.320 e. The minimum Gasteiger partial charge on any atom is -0.463 e. The Morgan fingerprint density at radius 1 is 1.33 bits per heavy atom. The number of carbonyl (C=O) groups is 1. The van der Waals surface area contributed by atoms with Gasteiger partial charge in [-0.15, -0.1) is 0 Å². The van der Waals surface area contributed by atoms with Crippen molar-refractivity contribution in [1.82, 2.24) is 9.80 Å². The van der Waals surface area contributed by atoms with E-state index in [4.69, 9.17) is 9.47 Å². The monoisotopic (exact) mass is 260 g/mol. The Bertz CT molecular complexity index is 216. The number of hydrogen-bond acceptors (Lipinski definition) is 5. The van der Waals surface area contributed by atoms with Crippen molar-refractivity contribution >= 4 is 5.97 Å². The Morgan fingerprint density at radius 3 is 2.39 bits per heavy atom. The third-order valence-corrected chi connectivity index (χ3v) is 2.82. The van der Waals surface area contributed by atoms with E-state index >= 15 is 0 Å². The van der Waals surface area contributed by atoms with Crippen molar-refractivity contribution in [2.75, 3.05) is 53.6 Å². The molecule has 0 aromatic carbocycles. The van der Waals surface area contributed by atoms with Gasteiger partial charge in [0.1, 0.15) is 6.61 Å². The zero-order valence-electron chi connectivity index (χ0n) is 12.4. The fraction of sp³-hybridized carbons (Fsp3) is 0.923. The zero-order chi connectivity index (χ0) is 14.0. The first-order valence-corrected chi connectivity index (χ1v) is 6.71. The molecule has 0 spiro atoms. The van der Waals surface area contributed by atoms with Gasteiger partial charge in [0, 0.05) is 19.1 Å². The summed E-state index contributed by atoms with van der Waals surface area (Å²) in [5, 5.41) is 0. The highest BCUT2D eigenvalue weighted by Crippen LogP contribution is 1.98. The molecule has 1 heterocycles. The molecule has 0 N–H and O–H groups in total. The van der Waals surface area contributed by atoms with Crippen molar-refractivity contribution in [3.05, 3.63) is 0 Å². The molecule has 0 amide bonds. The van der Waals surface area contributed by atoms with Crippen molar-refractivity contribution in [3.63, 3.8) is 0 Å². The van der Waals surface area contributed by atoms with E-state index in [9.17, 15) is 4.79 Å². The fourth-order valence-corrected chi connectivity index (χ4v) is 1.35. The van der Waals surface area contributed by atoms with Gasteiger partial charge in [0.2, 0.25) is 0 Å². The van der Waals surface area contributed by atoms with E-state index in [2.05, 4.69) is 4.90 Å². The maximum Gasteiger partial charge on any atom is 0.320 e. The van der Waals surface area contributed by atoms with Crippen LogP contribution in [0.5, 0.6) is 0 Å². The van der Waals surface area contributed by atoms with E-state index in [0.717, 1.165) is 13.1 Å². The van der Waals surface area contributed by atoms with Gasteiger partial charge in [-0.05, 0) is 21.0 Å². The largest absolute Gasteiger partial charge is 0.463 e. The first-order valence-electron chi connectivity index (χ1n) is 6.71. The predicted octanol–water partition coefficient (Wildman–Crippen LogP) is 0.838. The second-order valence-corrected chi connectivity index (χ2v) is 4.38. The van der Waals surface area contributed by atoms with E-state index in [1.165, 1.54) is 0 Å². The molecule has 1 atom stereocenters. The first kappa shape index (κ1) is 17.4. The normalized spacial score (nSPS) is 17.9. The van der Waals surface area contributed by atoms with Crippen LogP contribution in [0.2, 0.25) is 0 Å². The highest BCUT2D eigenvalue weighted by atomic mass is 16.5. The van der Waals surface area contributed by atoms with Crippen molar-refractivity contribution < 1.29 is 14.3 Å². The van der Waals surface area contributed by atoms with E-state index in [-0.39, 0.29) is 12.0 Å². The lowest BCUT2D eigenvalue weighted by Gasteiger charge is -2.26. The number of likely N-dealkylation sites (N-methyl/N-ethyl adjacent to an activating group) is 1. The average molecular weight is 260 g/mol. The molecule has 1 rings (SSSR count). The van der Waals surface area contributed by atoms with Gasteiger partial charge in [0.15, 0.2) is 0 Å². The second-order valence-electron chi connectivity index (χ2n) is 4.38. The summed E-state index contributed by atoms with van der Waals surface area (Å²) in [6.45, 7) is 9.92. The average Bonchev–Trinajstić information content (AvgIpc) is 2.39. The number of morpholine rings is 1. The molecule has 1 fully saturated rings. The van der Waals surface area contributed by atoms with Gasteiger partial charge >= 0.3 is 5.97 Å². The molecular formula is C13H28N2O3. The summed E-state index contributed by atoms with van der Waals surface area (Å²) in [6.07, 6.45) is 0. The number of ether oxygens (including phenoxy) is 2. The molecule has 0 radical (unpaired) electrons. The van der Waals surface area contributed by atoms with Gasteiger partial charge < -0.3 is 14.4 Å². The summed E-state index contributed by atoms with van der Waals surface area (Å²) in [7, 11) is 3.95. The molecule has 5 heteroatoms. The van der Waals surface area contributed by atoms with Gasteiger partial charge in [-0.25, -0.2) is 0 Å². The summed E-state index contributed by atoms with van der Waals surface area (Å²) in [4.78, 5) is 15.6. The molecule has 0 saturated carbocycles. The second kappa shape index (κ2) is 10.3. The number of rotatable bonds is 5. The lowest BCUT2D eigenvalue weighted by atomic mass is 10.3. The van der Waals surface area contributed by atoms with Crippen LogP contribution < -0.4 is 0 Å². The SMILES string of the molecule is CC.CC(COC(=O)CN1CCOCC1)N(C)C. The Labute approximate surface area is 111 Å². The highest BCUT2D eigenvalue weighted by Gasteiger charge is 2.15. The molecule has 1 unspecified atom stereocenters. The molecule has 108 valence electrons. The lowest BCUT2D eigenvalue weighted by Crippen LogP contribution is -2.41. The number of hydrogen-bond donors (Lipinski definition) is 0. The van der Waals surface area contributed by atoms with Crippen LogP contribution in [0.15, 0.2) is 0 Å². The van der Waals surface area contributed by atoms with Crippen LogP contribution in [0.3, 0.4) is 0 Å². The van der Waals surface area contributed by atoms with Gasteiger partial charge in [-0.2, -0.15) is 0 Å². The van der Waals surface area contributed by atoms with Crippen molar-refractivity contribution in [2.24, 2.45) is 0 Å². The van der Waals surface area contributed by atoms with Crippen LogP contribution in [-0.2, 0) is 14.3 Å². The van der Waals surface area contributed by atoms with Gasteiger partial charge in [0.25, 0.3) is 0 Å². The van der Waals surface area contributed by atoms with E-state index in [1.54, 1.807) is 0 Å². The molecule has 0 aromatic heterocycles. The quantitative estimate of drug-likeness (QED) is 0.685. The molecular weight excluding hydrogens is 232 g/mol. The minimum absolute atomic E-state index is 0.143. The summed E-state index contributed by atoms with van der Waals surface area (Å²) in [5.41, 5.74) is 0. The zero-order valence-corrected chi connectivity index (χ0v) is 12.4. The molecule has 0 aliphatic carbocycles. The van der Waals surface area contributed by atoms with Crippen LogP contribution in [0, 0.1) is 0 Å². The molecule has 1 saturated heterocycles. The topological polar surface area (TPSA) is 42.0 Å². The minimum atomic E-state index is -0.143. The first-order chi connectivity index (χ1) is 8.59. The van der Waals surface area contributed by atoms with Crippen molar-refractivity contribution in [3.8, 4) is 0 Å². The number of nitrogens with zero attached hydrogens (tertiary/aromatic N) is 2. The summed E-state index contributed by atoms with van der Waals surface area (Å²) >= 11 is 0. The third-order valence-electron chi connectivity index (χ3n) is 2.82. The summed E-state index contributed by atoms with van der Waals surface area (Å²) in [6, 6.07) is 0.258. The Morgan fingerprint density at radius 2 is 1.89 bits per heavy atom.